The van der Waals surface area contributed by atoms with Crippen LogP contribution in [0.2, 0.25) is 0 Å². The molecule has 28 heavy (non-hydrogen) atoms. The Bertz CT molecular complexity index is 378. The Morgan fingerprint density at radius 1 is 1.14 bits per heavy atom. The van der Waals surface area contributed by atoms with Crippen molar-refractivity contribution in [1.29, 1.82) is 0 Å². The fraction of sp³-hybridized carbons (Fsp3) is 0.947. The predicted molar refractivity (Wildman–Crippen MR) is 102 cm³/mol. The molecule has 1 heterocycles. The molecule has 0 aromatic carbocycles. The summed E-state index contributed by atoms with van der Waals surface area (Å²) in [6, 6.07) is 0. The fourth-order valence-electron chi connectivity index (χ4n) is 3.04. The Morgan fingerprint density at radius 3 is 2.29 bits per heavy atom. The second-order valence-electron chi connectivity index (χ2n) is 7.09. The van der Waals surface area contributed by atoms with Crippen LogP contribution in [0, 0.1) is 17.8 Å². The molecule has 7 unspecified atom stereocenters. The molecule has 1 saturated heterocycles. The van der Waals surface area contributed by atoms with Crippen LogP contribution in [-0.4, -0.2) is 98.1 Å². The third-order valence-electron chi connectivity index (χ3n) is 5.11. The molecule has 0 amide bonds. The molecule has 0 bridgehead atoms. The molecular formula is C19H38O9. The van der Waals surface area contributed by atoms with Crippen LogP contribution in [-0.2, 0) is 23.7 Å². The highest BCUT2D eigenvalue weighted by atomic mass is 16.6. The third-order valence-corrected chi connectivity index (χ3v) is 5.11. The van der Waals surface area contributed by atoms with Crippen LogP contribution in [0.4, 0.5) is 0 Å². The van der Waals surface area contributed by atoms with E-state index in [-0.39, 0.29) is 56.3 Å². The zero-order chi connectivity index (χ0) is 21.5. The van der Waals surface area contributed by atoms with E-state index in [0.29, 0.717) is 19.8 Å². The Kier molecular flexibility index (Phi) is 15.6. The van der Waals surface area contributed by atoms with Crippen LogP contribution in [0.5, 0.6) is 0 Å². The highest BCUT2D eigenvalue weighted by Gasteiger charge is 2.41. The number of hydrogen-bond donors (Lipinski definition) is 4. The van der Waals surface area contributed by atoms with Crippen molar-refractivity contribution in [1.82, 2.24) is 0 Å². The van der Waals surface area contributed by atoms with Crippen LogP contribution < -0.4 is 0 Å². The molecule has 9 nitrogen and oxygen atoms in total. The number of hydrogen-bond acceptors (Lipinski definition) is 8. The summed E-state index contributed by atoms with van der Waals surface area (Å²) in [6.45, 7) is 6.97. The van der Waals surface area contributed by atoms with Crippen molar-refractivity contribution in [3.8, 4) is 0 Å². The maximum atomic E-state index is 10.5. The van der Waals surface area contributed by atoms with Crippen molar-refractivity contribution >= 4 is 6.47 Å². The fourth-order valence-corrected chi connectivity index (χ4v) is 3.04. The summed E-state index contributed by atoms with van der Waals surface area (Å²) in [5.41, 5.74) is 0. The van der Waals surface area contributed by atoms with E-state index in [1.807, 2.05) is 20.8 Å². The maximum absolute atomic E-state index is 10.5. The summed E-state index contributed by atoms with van der Waals surface area (Å²) < 4.78 is 22.4. The van der Waals surface area contributed by atoms with Crippen LogP contribution in [0.1, 0.15) is 27.2 Å². The average Bonchev–Trinajstić information content (AvgIpc) is 2.68. The second-order valence-corrected chi connectivity index (χ2v) is 7.09. The van der Waals surface area contributed by atoms with Gasteiger partial charge in [-0.25, -0.2) is 0 Å². The normalized spacial score (nSPS) is 29.5. The minimum atomic E-state index is -0.531. The molecule has 7 atom stereocenters. The lowest BCUT2D eigenvalue weighted by molar-refractivity contribution is -0.190. The number of methoxy groups -OCH3 is 1. The number of carbonyl (C=O) groups is 1. The Morgan fingerprint density at radius 2 is 1.79 bits per heavy atom. The molecular weight excluding hydrogens is 372 g/mol. The molecule has 1 aliphatic heterocycles. The zero-order valence-electron chi connectivity index (χ0n) is 17.4. The van der Waals surface area contributed by atoms with Gasteiger partial charge in [0.25, 0.3) is 6.47 Å². The van der Waals surface area contributed by atoms with Crippen LogP contribution in [0.15, 0.2) is 0 Å². The Labute approximate surface area is 167 Å². The summed E-state index contributed by atoms with van der Waals surface area (Å²) in [5, 5.41) is 36.0. The topological polar surface area (TPSA) is 135 Å². The first-order valence-electron chi connectivity index (χ1n) is 9.71. The number of carboxylic acid groups (broad SMARTS) is 1. The van der Waals surface area contributed by atoms with Crippen LogP contribution >= 0.6 is 0 Å². The van der Waals surface area contributed by atoms with Crippen molar-refractivity contribution in [2.24, 2.45) is 17.8 Å². The smallest absolute Gasteiger partial charge is 0.290 e. The number of aliphatic hydroxyl groups is 3. The van der Waals surface area contributed by atoms with Gasteiger partial charge in [-0.15, -0.1) is 0 Å². The van der Waals surface area contributed by atoms with Crippen molar-refractivity contribution in [3.05, 3.63) is 0 Å². The first kappa shape index (κ1) is 27.2. The van der Waals surface area contributed by atoms with Crippen LogP contribution in [0.3, 0.4) is 0 Å². The van der Waals surface area contributed by atoms with Gasteiger partial charge in [-0.2, -0.15) is 0 Å². The highest BCUT2D eigenvalue weighted by Crippen LogP contribution is 2.30. The minimum absolute atomic E-state index is 0.0375. The summed E-state index contributed by atoms with van der Waals surface area (Å²) >= 11 is 0. The van der Waals surface area contributed by atoms with Gasteiger partial charge in [0.2, 0.25) is 0 Å². The van der Waals surface area contributed by atoms with E-state index < -0.39 is 12.2 Å². The molecule has 9 heteroatoms. The average molecular weight is 411 g/mol. The number of aliphatic hydroxyl groups excluding tert-OH is 3. The van der Waals surface area contributed by atoms with Gasteiger partial charge in [-0.05, 0) is 13.3 Å². The van der Waals surface area contributed by atoms with Gasteiger partial charge in [0, 0.05) is 31.5 Å². The lowest BCUT2D eigenvalue weighted by Gasteiger charge is -2.42. The summed E-state index contributed by atoms with van der Waals surface area (Å²) in [4.78, 5) is 8.36. The van der Waals surface area contributed by atoms with Crippen molar-refractivity contribution in [2.45, 2.75) is 51.6 Å². The second kappa shape index (κ2) is 16.0. The Hall–Kier alpha value is -0.810. The zero-order valence-corrected chi connectivity index (χ0v) is 17.4. The molecule has 0 aliphatic carbocycles. The van der Waals surface area contributed by atoms with Gasteiger partial charge in [0.05, 0.1) is 51.3 Å². The maximum Gasteiger partial charge on any atom is 0.290 e. The molecule has 1 rings (SSSR count). The molecule has 4 N–H and O–H groups in total. The van der Waals surface area contributed by atoms with E-state index in [2.05, 4.69) is 0 Å². The van der Waals surface area contributed by atoms with E-state index in [1.165, 1.54) is 0 Å². The van der Waals surface area contributed by atoms with E-state index in [4.69, 9.17) is 28.8 Å². The molecule has 0 saturated carbocycles. The molecule has 0 aromatic rings. The summed E-state index contributed by atoms with van der Waals surface area (Å²) in [6.07, 6.45) is -0.408. The van der Waals surface area contributed by atoms with Gasteiger partial charge in [-0.3, -0.25) is 4.79 Å². The minimum Gasteiger partial charge on any atom is -0.483 e. The highest BCUT2D eigenvalue weighted by molar-refractivity contribution is 5.32. The quantitative estimate of drug-likeness (QED) is 0.331. The van der Waals surface area contributed by atoms with Gasteiger partial charge >= 0.3 is 0 Å². The third kappa shape index (κ3) is 9.60. The van der Waals surface area contributed by atoms with Gasteiger partial charge < -0.3 is 39.4 Å². The van der Waals surface area contributed by atoms with E-state index in [1.54, 1.807) is 7.11 Å². The number of ether oxygens (including phenoxy) is 4. The van der Waals surface area contributed by atoms with Gasteiger partial charge in [-0.1, -0.05) is 13.8 Å². The summed E-state index contributed by atoms with van der Waals surface area (Å²) in [7, 11) is 1.62. The first-order chi connectivity index (χ1) is 13.4. The first-order valence-corrected chi connectivity index (χ1v) is 9.71. The van der Waals surface area contributed by atoms with Crippen molar-refractivity contribution in [2.75, 3.05) is 46.8 Å². The SMILES string of the molecule is CCC(CO)COC(CO)COCC1C(C)OC(COC)C(C)C1O.O=CO. The molecule has 1 aliphatic rings. The standard InChI is InChI=1S/C18H36O7.CH2O2/c1-5-14(6-19)8-24-15(7-20)9-23-10-16-13(3)25-17(11-22-4)12(2)18(16)21;2-1-3/h12-21H,5-11H2,1-4H3;1H,(H,2,3). The summed E-state index contributed by atoms with van der Waals surface area (Å²) in [5.74, 6) is -0.103. The van der Waals surface area contributed by atoms with Gasteiger partial charge in [0.1, 0.15) is 6.10 Å². The molecule has 0 aromatic heterocycles. The monoisotopic (exact) mass is 410 g/mol. The molecule has 0 spiro atoms. The lowest BCUT2D eigenvalue weighted by Crippen LogP contribution is -2.52. The van der Waals surface area contributed by atoms with E-state index in [9.17, 15) is 15.3 Å². The Balaban J connectivity index is 0.00000227. The predicted octanol–water partition coefficient (Wildman–Crippen LogP) is 0.147. The van der Waals surface area contributed by atoms with E-state index in [0.717, 1.165) is 6.42 Å². The molecule has 1 fully saturated rings. The largest absolute Gasteiger partial charge is 0.483 e. The van der Waals surface area contributed by atoms with Gasteiger partial charge in [0.15, 0.2) is 0 Å². The molecule has 168 valence electrons. The van der Waals surface area contributed by atoms with Crippen molar-refractivity contribution < 1.29 is 44.2 Å². The molecule has 0 radical (unpaired) electrons. The van der Waals surface area contributed by atoms with E-state index >= 15 is 0 Å². The number of rotatable bonds is 12. The lowest BCUT2D eigenvalue weighted by atomic mass is 9.83. The van der Waals surface area contributed by atoms with Crippen molar-refractivity contribution in [3.63, 3.8) is 0 Å². The van der Waals surface area contributed by atoms with Crippen LogP contribution in [0.25, 0.3) is 0 Å².